The van der Waals surface area contributed by atoms with Crippen LogP contribution in [0.4, 0.5) is 0 Å². The first kappa shape index (κ1) is 24.2. The van der Waals surface area contributed by atoms with Crippen molar-refractivity contribution >= 4 is 28.4 Å². The first-order valence-corrected chi connectivity index (χ1v) is 13.6. The molecule has 1 unspecified atom stereocenters. The van der Waals surface area contributed by atoms with Gasteiger partial charge in [0.1, 0.15) is 23.4 Å². The highest BCUT2D eigenvalue weighted by Gasteiger charge is 2.88. The summed E-state index contributed by atoms with van der Waals surface area (Å²) in [6, 6.07) is 7.64. The van der Waals surface area contributed by atoms with Crippen LogP contribution in [0.3, 0.4) is 0 Å². The van der Waals surface area contributed by atoms with Crippen LogP contribution in [0.2, 0.25) is 0 Å². The van der Waals surface area contributed by atoms with Gasteiger partial charge in [0.15, 0.2) is 5.78 Å². The Kier molecular flexibility index (Phi) is 4.74. The lowest BCUT2D eigenvalue weighted by atomic mass is 9.36. The summed E-state index contributed by atoms with van der Waals surface area (Å²) in [5.41, 5.74) is -1.45. The van der Waals surface area contributed by atoms with Crippen LogP contribution in [-0.4, -0.2) is 57.3 Å². The van der Waals surface area contributed by atoms with Crippen LogP contribution in [0.5, 0.6) is 0 Å². The molecule has 8 heteroatoms. The number of carbonyl (C=O) groups is 3. The van der Waals surface area contributed by atoms with E-state index in [-0.39, 0.29) is 24.4 Å². The highest BCUT2D eigenvalue weighted by Crippen LogP contribution is 2.76. The summed E-state index contributed by atoms with van der Waals surface area (Å²) in [7, 11) is 0. The molecule has 2 saturated heterocycles. The monoisotopic (exact) mass is 519 g/mol. The zero-order valence-electron chi connectivity index (χ0n) is 21.7. The fourth-order valence-corrected chi connectivity index (χ4v) is 9.38. The molecule has 4 bridgehead atoms. The third kappa shape index (κ3) is 2.55. The predicted molar refractivity (Wildman–Crippen MR) is 136 cm³/mol. The van der Waals surface area contributed by atoms with Gasteiger partial charge in [-0.05, 0) is 47.8 Å². The molecule has 2 aromatic rings. The highest BCUT2D eigenvalue weighted by atomic mass is 16.6. The number of fused-ring (bicyclic) bond motifs is 3. The highest BCUT2D eigenvalue weighted by molar-refractivity contribution is 6.06. The molecule has 4 aliphatic carbocycles. The Morgan fingerprint density at radius 2 is 2.00 bits per heavy atom. The van der Waals surface area contributed by atoms with Crippen molar-refractivity contribution < 1.29 is 34.1 Å². The summed E-state index contributed by atoms with van der Waals surface area (Å²) in [4.78, 5) is 44.5. The number of ether oxygens (including phenoxy) is 2. The van der Waals surface area contributed by atoms with Crippen LogP contribution in [0.25, 0.3) is 10.9 Å². The van der Waals surface area contributed by atoms with Gasteiger partial charge < -0.3 is 24.7 Å². The maximum atomic E-state index is 14.1. The van der Waals surface area contributed by atoms with E-state index in [0.29, 0.717) is 25.7 Å². The van der Waals surface area contributed by atoms with Crippen molar-refractivity contribution in [2.45, 2.75) is 63.9 Å². The van der Waals surface area contributed by atoms with Gasteiger partial charge in [0.2, 0.25) is 5.79 Å². The molecule has 8 nitrogen and oxygen atoms in total. The lowest BCUT2D eigenvalue weighted by molar-refractivity contribution is -0.437. The molecule has 6 fully saturated rings. The van der Waals surface area contributed by atoms with E-state index >= 15 is 0 Å². The number of aromatic nitrogens is 1. The van der Waals surface area contributed by atoms with Gasteiger partial charge in [-0.1, -0.05) is 38.6 Å². The standard InChI is InChI=1S/C30H33NO7/c1-15-17-8-9-20-28-14-37-30(36,25(35)23(28)27(2,3)11-10-21(28)32)29(20,24(15)34)26(17)38-22(33)12-16-13-31-19-7-5-4-6-18(16)19/h4-7,13,17,20,23,25-26,31,35-36H,1,8-12,14H2,2-3H3/t17-,20?,23+,25-,26+,28+,29-,30-/m0/s1. The van der Waals surface area contributed by atoms with E-state index in [1.165, 1.54) is 0 Å². The molecule has 38 heavy (non-hydrogen) atoms. The van der Waals surface area contributed by atoms with E-state index in [0.717, 1.165) is 16.5 Å². The number of benzene rings is 1. The summed E-state index contributed by atoms with van der Waals surface area (Å²) in [6.07, 6.45) is 1.06. The Morgan fingerprint density at radius 3 is 2.79 bits per heavy atom. The van der Waals surface area contributed by atoms with Gasteiger partial charge in [0.25, 0.3) is 0 Å². The number of rotatable bonds is 3. The minimum absolute atomic E-state index is 0.0315. The summed E-state index contributed by atoms with van der Waals surface area (Å²) >= 11 is 0. The first-order chi connectivity index (χ1) is 18.0. The largest absolute Gasteiger partial charge is 0.460 e. The zero-order valence-corrected chi connectivity index (χ0v) is 21.7. The van der Waals surface area contributed by atoms with E-state index < -0.39 is 63.7 Å². The minimum Gasteiger partial charge on any atom is -0.460 e. The molecule has 200 valence electrons. The average molecular weight is 520 g/mol. The van der Waals surface area contributed by atoms with E-state index in [2.05, 4.69) is 11.6 Å². The van der Waals surface area contributed by atoms with Crippen molar-refractivity contribution in [2.75, 3.05) is 6.61 Å². The number of para-hydroxylation sites is 1. The van der Waals surface area contributed by atoms with Gasteiger partial charge in [-0.15, -0.1) is 0 Å². The lowest BCUT2D eigenvalue weighted by Crippen LogP contribution is -2.85. The van der Waals surface area contributed by atoms with Crippen molar-refractivity contribution in [3.63, 3.8) is 0 Å². The summed E-state index contributed by atoms with van der Waals surface area (Å²) < 4.78 is 12.1. The van der Waals surface area contributed by atoms with Crippen molar-refractivity contribution in [2.24, 2.45) is 34.0 Å². The van der Waals surface area contributed by atoms with Crippen molar-refractivity contribution in [1.29, 1.82) is 0 Å². The summed E-state index contributed by atoms with van der Waals surface area (Å²) in [6.45, 7) is 8.00. The molecule has 6 aliphatic rings. The van der Waals surface area contributed by atoms with Gasteiger partial charge in [0, 0.05) is 35.4 Å². The zero-order chi connectivity index (χ0) is 26.8. The number of aromatic amines is 1. The molecule has 2 aliphatic heterocycles. The van der Waals surface area contributed by atoms with Gasteiger partial charge in [-0.3, -0.25) is 14.4 Å². The smallest absolute Gasteiger partial charge is 0.310 e. The number of Topliss-reactive ketones (excluding diaryl/α,β-unsaturated/α-hetero) is 2. The minimum atomic E-state index is -2.29. The molecule has 8 rings (SSSR count). The molecular formula is C30H33NO7. The predicted octanol–water partition coefficient (Wildman–Crippen LogP) is 2.86. The van der Waals surface area contributed by atoms with Crippen molar-refractivity contribution in [3.05, 3.63) is 48.2 Å². The molecule has 2 spiro atoms. The van der Waals surface area contributed by atoms with Crippen LogP contribution < -0.4 is 0 Å². The van der Waals surface area contributed by atoms with Crippen molar-refractivity contribution in [3.8, 4) is 0 Å². The van der Waals surface area contributed by atoms with Crippen LogP contribution in [-0.2, 0) is 30.3 Å². The molecule has 1 aromatic carbocycles. The Balaban J connectivity index is 1.33. The Labute approximate surface area is 220 Å². The average Bonchev–Trinajstić information content (AvgIpc) is 3.33. The quantitative estimate of drug-likeness (QED) is 0.421. The number of ketones is 2. The number of nitrogens with one attached hydrogen (secondary N) is 1. The number of aliphatic hydroxyl groups is 2. The van der Waals surface area contributed by atoms with Gasteiger partial charge in [0.05, 0.1) is 18.4 Å². The number of hydrogen-bond acceptors (Lipinski definition) is 7. The number of H-pyrrole nitrogens is 1. The topological polar surface area (TPSA) is 126 Å². The van der Waals surface area contributed by atoms with E-state index in [1.54, 1.807) is 6.20 Å². The van der Waals surface area contributed by atoms with Crippen LogP contribution in [0.1, 0.15) is 45.1 Å². The number of carbonyl (C=O) groups excluding carboxylic acids is 3. The Bertz CT molecular complexity index is 1420. The maximum absolute atomic E-state index is 14.1. The number of hydrogen-bond donors (Lipinski definition) is 3. The van der Waals surface area contributed by atoms with Crippen molar-refractivity contribution in [1.82, 2.24) is 4.98 Å². The van der Waals surface area contributed by atoms with Gasteiger partial charge >= 0.3 is 5.97 Å². The van der Waals surface area contributed by atoms with Gasteiger partial charge in [-0.2, -0.15) is 0 Å². The Morgan fingerprint density at radius 1 is 1.24 bits per heavy atom. The summed E-state index contributed by atoms with van der Waals surface area (Å²) in [5, 5.41) is 24.9. The second-order valence-electron chi connectivity index (χ2n) is 12.8. The number of esters is 1. The fraction of sp³-hybridized carbons (Fsp3) is 0.567. The summed E-state index contributed by atoms with van der Waals surface area (Å²) in [5.74, 6) is -5.04. The Hall–Kier alpha value is -2.81. The second-order valence-corrected chi connectivity index (χ2v) is 12.8. The molecule has 1 aromatic heterocycles. The fourth-order valence-electron chi connectivity index (χ4n) is 9.38. The third-order valence-electron chi connectivity index (χ3n) is 10.9. The van der Waals surface area contributed by atoms with E-state index in [1.807, 2.05) is 38.1 Å². The third-order valence-corrected chi connectivity index (χ3v) is 10.9. The molecule has 4 saturated carbocycles. The second kappa shape index (κ2) is 7.43. The molecule has 0 radical (unpaired) electrons. The first-order valence-electron chi connectivity index (χ1n) is 13.6. The molecule has 3 heterocycles. The SMILES string of the molecule is C=C1C(=O)[C@@]23C(CC[C@@H]1[C@H]2OC(=O)Cc1c[nH]c2ccccc12)[C@@]12CO[C@@]3(O)[C@@H](O)[C@@H]1C(C)(C)CCC2=O. The van der Waals surface area contributed by atoms with Crippen LogP contribution >= 0.6 is 0 Å². The normalized spacial score (nSPS) is 42.7. The number of aliphatic hydroxyl groups excluding tert-OH is 1. The lowest BCUT2D eigenvalue weighted by Gasteiger charge is -2.72. The van der Waals surface area contributed by atoms with Gasteiger partial charge in [-0.25, -0.2) is 0 Å². The van der Waals surface area contributed by atoms with E-state index in [4.69, 9.17) is 9.47 Å². The molecule has 8 atom stereocenters. The molecule has 0 amide bonds. The van der Waals surface area contributed by atoms with Crippen LogP contribution in [0.15, 0.2) is 42.6 Å². The maximum Gasteiger partial charge on any atom is 0.310 e. The van der Waals surface area contributed by atoms with E-state index in [9.17, 15) is 24.6 Å². The molecule has 3 N–H and O–H groups in total. The van der Waals surface area contributed by atoms with Crippen LogP contribution in [0, 0.1) is 34.0 Å². The molecular weight excluding hydrogens is 486 g/mol.